The summed E-state index contributed by atoms with van der Waals surface area (Å²) in [5.74, 6) is 0.224. The average Bonchev–Trinajstić information content (AvgIpc) is 2.49. The molecule has 0 saturated carbocycles. The SMILES string of the molecule is C/C=C(\OCC)C(=O)SSc1ccc([N+](=O)[O-])cc1C(Cl)(Cl)Cl. The fourth-order valence-electron chi connectivity index (χ4n) is 1.47. The molecular formula is C13H12Cl3NO4S2. The molecule has 0 atom stereocenters. The quantitative estimate of drug-likeness (QED) is 0.149. The van der Waals surface area contributed by atoms with Gasteiger partial charge in [-0.1, -0.05) is 34.8 Å². The highest BCUT2D eigenvalue weighted by molar-refractivity contribution is 8.82. The first-order valence-corrected chi connectivity index (χ1v) is 9.52. The van der Waals surface area contributed by atoms with Crippen LogP contribution in [0.4, 0.5) is 5.69 Å². The number of nitro benzene ring substituents is 1. The highest BCUT2D eigenvalue weighted by Crippen LogP contribution is 2.47. The van der Waals surface area contributed by atoms with Crippen molar-refractivity contribution >= 4 is 67.2 Å². The van der Waals surface area contributed by atoms with Gasteiger partial charge in [0.25, 0.3) is 10.8 Å². The number of allylic oxidation sites excluding steroid dienone is 1. The Morgan fingerprint density at radius 2 is 2.09 bits per heavy atom. The number of carbonyl (C=O) groups excluding carboxylic acids is 1. The largest absolute Gasteiger partial charge is 0.490 e. The van der Waals surface area contributed by atoms with E-state index in [9.17, 15) is 14.9 Å². The number of hydrogen-bond donors (Lipinski definition) is 0. The van der Waals surface area contributed by atoms with E-state index >= 15 is 0 Å². The number of carbonyl (C=O) groups is 1. The van der Waals surface area contributed by atoms with Crippen LogP contribution in [0, 0.1) is 10.1 Å². The summed E-state index contributed by atoms with van der Waals surface area (Å²) in [6, 6.07) is 3.90. The molecule has 0 N–H and O–H groups in total. The summed E-state index contributed by atoms with van der Waals surface area (Å²) in [6.07, 6.45) is 1.56. The molecule has 0 heterocycles. The molecule has 0 spiro atoms. The molecule has 1 aromatic rings. The number of alkyl halides is 3. The summed E-state index contributed by atoms with van der Waals surface area (Å²) in [5, 5.41) is 10.5. The van der Waals surface area contributed by atoms with Gasteiger partial charge < -0.3 is 4.74 Å². The van der Waals surface area contributed by atoms with Crippen molar-refractivity contribution < 1.29 is 14.5 Å². The third-order valence-electron chi connectivity index (χ3n) is 2.45. The molecule has 1 rings (SSSR count). The first-order valence-electron chi connectivity index (χ1n) is 6.24. The fourth-order valence-corrected chi connectivity index (χ4v) is 4.13. The van der Waals surface area contributed by atoms with E-state index in [1.807, 2.05) is 0 Å². The molecule has 0 amide bonds. The molecule has 126 valence electrons. The Morgan fingerprint density at radius 1 is 1.43 bits per heavy atom. The number of nitro groups is 1. The lowest BCUT2D eigenvalue weighted by Gasteiger charge is -2.15. The monoisotopic (exact) mass is 415 g/mol. The molecule has 5 nitrogen and oxygen atoms in total. The van der Waals surface area contributed by atoms with Gasteiger partial charge in [0.1, 0.15) is 0 Å². The lowest BCUT2D eigenvalue weighted by molar-refractivity contribution is -0.385. The molecule has 0 unspecified atom stereocenters. The van der Waals surface area contributed by atoms with Crippen LogP contribution in [-0.2, 0) is 13.3 Å². The van der Waals surface area contributed by atoms with E-state index in [2.05, 4.69) is 0 Å². The van der Waals surface area contributed by atoms with Crippen molar-refractivity contribution in [2.45, 2.75) is 22.5 Å². The predicted octanol–water partition coefficient (Wildman–Crippen LogP) is 5.63. The van der Waals surface area contributed by atoms with Crippen LogP contribution in [0.3, 0.4) is 0 Å². The molecule has 0 bridgehead atoms. The fraction of sp³-hybridized carbons (Fsp3) is 0.308. The predicted molar refractivity (Wildman–Crippen MR) is 96.2 cm³/mol. The highest BCUT2D eigenvalue weighted by atomic mass is 35.6. The number of halogens is 3. The lowest BCUT2D eigenvalue weighted by Crippen LogP contribution is -2.04. The molecule has 0 fully saturated rings. The minimum absolute atomic E-state index is 0.139. The molecule has 1 aromatic carbocycles. The van der Waals surface area contributed by atoms with E-state index in [1.54, 1.807) is 19.9 Å². The van der Waals surface area contributed by atoms with Gasteiger partial charge in [-0.05, 0) is 47.6 Å². The Kier molecular flexibility index (Phi) is 8.03. The van der Waals surface area contributed by atoms with Crippen LogP contribution in [0.2, 0.25) is 0 Å². The Labute approximate surface area is 156 Å². The van der Waals surface area contributed by atoms with Gasteiger partial charge >= 0.3 is 0 Å². The highest BCUT2D eigenvalue weighted by Gasteiger charge is 2.29. The molecule has 0 aliphatic rings. The smallest absolute Gasteiger partial charge is 0.269 e. The number of benzene rings is 1. The van der Waals surface area contributed by atoms with E-state index in [1.165, 1.54) is 18.2 Å². The van der Waals surface area contributed by atoms with Gasteiger partial charge in [-0.15, -0.1) is 0 Å². The van der Waals surface area contributed by atoms with Crippen LogP contribution in [0.1, 0.15) is 19.4 Å². The van der Waals surface area contributed by atoms with Gasteiger partial charge in [0.05, 0.1) is 11.5 Å². The van der Waals surface area contributed by atoms with Gasteiger partial charge in [-0.3, -0.25) is 14.9 Å². The van der Waals surface area contributed by atoms with Gasteiger partial charge in [-0.25, -0.2) is 0 Å². The van der Waals surface area contributed by atoms with Crippen molar-refractivity contribution in [3.05, 3.63) is 45.7 Å². The lowest BCUT2D eigenvalue weighted by atomic mass is 10.2. The van der Waals surface area contributed by atoms with Gasteiger partial charge in [0, 0.05) is 22.6 Å². The maximum Gasteiger partial charge on any atom is 0.269 e. The third-order valence-corrected chi connectivity index (χ3v) is 5.27. The van der Waals surface area contributed by atoms with Crippen LogP contribution >= 0.6 is 56.4 Å². The summed E-state index contributed by atoms with van der Waals surface area (Å²) in [7, 11) is 1.93. The third kappa shape index (κ3) is 6.08. The standard InChI is InChI=1S/C13H12Cl3NO4S2/c1-3-10(21-4-2)12(18)23-22-11-6-5-8(17(19)20)7-9(11)13(14,15)16/h3,5-7H,4H2,1-2H3/b10-3-. The summed E-state index contributed by atoms with van der Waals surface area (Å²) in [6.45, 7) is 3.83. The van der Waals surface area contributed by atoms with Crippen molar-refractivity contribution in [2.24, 2.45) is 0 Å². The number of nitrogens with zero attached hydrogens (tertiary/aromatic N) is 1. The second kappa shape index (κ2) is 9.03. The second-order valence-corrected chi connectivity index (χ2v) is 8.40. The average molecular weight is 417 g/mol. The Balaban J connectivity index is 3.00. The van der Waals surface area contributed by atoms with E-state index < -0.39 is 8.72 Å². The van der Waals surface area contributed by atoms with Crippen molar-refractivity contribution in [1.82, 2.24) is 0 Å². The van der Waals surface area contributed by atoms with E-state index in [0.29, 0.717) is 11.5 Å². The van der Waals surface area contributed by atoms with Crippen molar-refractivity contribution in [3.63, 3.8) is 0 Å². The van der Waals surface area contributed by atoms with Crippen LogP contribution < -0.4 is 0 Å². The zero-order valence-corrected chi connectivity index (χ0v) is 15.9. The van der Waals surface area contributed by atoms with Crippen LogP contribution in [0.15, 0.2) is 34.9 Å². The maximum atomic E-state index is 12.0. The number of hydrogen-bond acceptors (Lipinski definition) is 6. The van der Waals surface area contributed by atoms with E-state index in [-0.39, 0.29) is 22.1 Å². The van der Waals surface area contributed by atoms with Crippen LogP contribution in [0.5, 0.6) is 0 Å². The molecule has 0 aliphatic carbocycles. The second-order valence-electron chi connectivity index (χ2n) is 3.98. The molecule has 10 heteroatoms. The minimum Gasteiger partial charge on any atom is -0.490 e. The van der Waals surface area contributed by atoms with Gasteiger partial charge in [0.15, 0.2) is 5.76 Å². The molecule has 0 aliphatic heterocycles. The molecule has 0 aromatic heterocycles. The minimum atomic E-state index is -1.85. The topological polar surface area (TPSA) is 69.4 Å². The summed E-state index contributed by atoms with van der Waals surface area (Å²) >= 11 is 17.6. The van der Waals surface area contributed by atoms with Crippen molar-refractivity contribution in [2.75, 3.05) is 6.61 Å². The first kappa shape index (κ1) is 20.4. The molecule has 23 heavy (non-hydrogen) atoms. The zero-order chi connectivity index (χ0) is 17.6. The zero-order valence-electron chi connectivity index (χ0n) is 12.0. The molecule has 0 radical (unpaired) electrons. The Hall–Kier alpha value is -0.600. The molecular weight excluding hydrogens is 405 g/mol. The van der Waals surface area contributed by atoms with Crippen molar-refractivity contribution in [3.8, 4) is 0 Å². The molecule has 0 saturated heterocycles. The van der Waals surface area contributed by atoms with E-state index in [0.717, 1.165) is 21.6 Å². The number of non-ortho nitro benzene ring substituents is 1. The first-order chi connectivity index (χ1) is 10.7. The van der Waals surface area contributed by atoms with Gasteiger partial charge in [-0.2, -0.15) is 0 Å². The normalized spacial score (nSPS) is 12.1. The van der Waals surface area contributed by atoms with E-state index in [4.69, 9.17) is 39.5 Å². The number of ether oxygens (including phenoxy) is 1. The number of rotatable bonds is 6. The Morgan fingerprint density at radius 3 is 2.57 bits per heavy atom. The van der Waals surface area contributed by atoms with Crippen LogP contribution in [-0.4, -0.2) is 16.6 Å². The van der Waals surface area contributed by atoms with Crippen LogP contribution in [0.25, 0.3) is 0 Å². The Bertz CT molecular complexity index is 632. The summed E-state index contributed by atoms with van der Waals surface area (Å²) in [4.78, 5) is 22.7. The van der Waals surface area contributed by atoms with Crippen molar-refractivity contribution in [1.29, 1.82) is 0 Å². The summed E-state index contributed by atoms with van der Waals surface area (Å²) < 4.78 is 3.35. The summed E-state index contributed by atoms with van der Waals surface area (Å²) in [5.41, 5.74) is -0.0594. The maximum absolute atomic E-state index is 12.0. The van der Waals surface area contributed by atoms with Gasteiger partial charge in [0.2, 0.25) is 3.79 Å².